The molecule has 0 unspecified atom stereocenters. The van der Waals surface area contributed by atoms with Gasteiger partial charge < -0.3 is 8.98 Å². The molecule has 0 saturated carbocycles. The fraction of sp³-hybridized carbons (Fsp3) is 0.200. The third-order valence-electron chi connectivity index (χ3n) is 3.81. The Morgan fingerprint density at radius 2 is 2.00 bits per heavy atom. The van der Waals surface area contributed by atoms with E-state index in [0.29, 0.717) is 35.0 Å². The summed E-state index contributed by atoms with van der Waals surface area (Å²) in [5.41, 5.74) is 0.968. The monoisotopic (exact) mass is 311 g/mol. The largest absolute Gasteiger partial charge is 0.434 e. The minimum Gasteiger partial charge on any atom is -0.434 e. The molecule has 0 amide bonds. The number of aromatic nitrogens is 5. The average molecular weight is 311 g/mol. The molecule has 0 radical (unpaired) electrons. The van der Waals surface area contributed by atoms with Crippen LogP contribution in [0.5, 0.6) is 0 Å². The highest BCUT2D eigenvalue weighted by Crippen LogP contribution is 2.25. The molecule has 8 heteroatoms. The highest BCUT2D eigenvalue weighted by atomic mass is 16.3. The molecule has 0 aliphatic rings. The summed E-state index contributed by atoms with van der Waals surface area (Å²) in [5, 5.41) is 0. The quantitative estimate of drug-likeness (QED) is 0.600. The molecule has 0 aliphatic carbocycles. The van der Waals surface area contributed by atoms with E-state index in [4.69, 9.17) is 4.42 Å². The van der Waals surface area contributed by atoms with Crippen LogP contribution in [0.4, 0.5) is 0 Å². The summed E-state index contributed by atoms with van der Waals surface area (Å²) in [6.07, 6.45) is 0. The first-order chi connectivity index (χ1) is 11.1. The number of hydrogen-bond donors (Lipinski definition) is 1. The van der Waals surface area contributed by atoms with Gasteiger partial charge in [-0.15, -0.1) is 0 Å². The van der Waals surface area contributed by atoms with Crippen LogP contribution in [0, 0.1) is 0 Å². The maximum absolute atomic E-state index is 12.3. The molecular formula is C15H13N5O3. The standard InChI is InChI=1S/C15H13N5O3/c1-3-20-11-10(14(21)19(2)15(22)18-11)17-12(20)13-16-8-6-4-5-7-9(8)23-13/h4-7H,3H2,1-2H3,(H,18,22). The zero-order valence-electron chi connectivity index (χ0n) is 12.5. The number of hydrogen-bond acceptors (Lipinski definition) is 5. The minimum absolute atomic E-state index is 0.186. The van der Waals surface area contributed by atoms with E-state index in [2.05, 4.69) is 15.0 Å². The second kappa shape index (κ2) is 4.67. The van der Waals surface area contributed by atoms with Gasteiger partial charge in [-0.2, -0.15) is 0 Å². The molecule has 4 aromatic rings. The number of rotatable bonds is 2. The van der Waals surface area contributed by atoms with Gasteiger partial charge >= 0.3 is 5.69 Å². The predicted octanol–water partition coefficient (Wildman–Crippen LogP) is 1.25. The molecule has 0 saturated heterocycles. The number of fused-ring (bicyclic) bond motifs is 2. The molecule has 1 N–H and O–H groups in total. The van der Waals surface area contributed by atoms with Crippen molar-refractivity contribution in [2.45, 2.75) is 13.5 Å². The fourth-order valence-electron chi connectivity index (χ4n) is 2.60. The summed E-state index contributed by atoms with van der Waals surface area (Å²) in [4.78, 5) is 35.5. The third kappa shape index (κ3) is 1.84. The molecule has 1 aromatic carbocycles. The summed E-state index contributed by atoms with van der Waals surface area (Å²) in [5.74, 6) is 0.727. The second-order valence-electron chi connectivity index (χ2n) is 5.16. The first kappa shape index (κ1) is 13.5. The first-order valence-corrected chi connectivity index (χ1v) is 7.15. The first-order valence-electron chi connectivity index (χ1n) is 7.15. The highest BCUT2D eigenvalue weighted by molar-refractivity contribution is 5.78. The van der Waals surface area contributed by atoms with Gasteiger partial charge in [0.15, 0.2) is 16.9 Å². The molecule has 0 bridgehead atoms. The summed E-state index contributed by atoms with van der Waals surface area (Å²) < 4.78 is 8.43. The van der Waals surface area contributed by atoms with E-state index >= 15 is 0 Å². The van der Waals surface area contributed by atoms with Gasteiger partial charge in [0.05, 0.1) is 0 Å². The molecule has 4 rings (SSSR count). The van der Waals surface area contributed by atoms with Crippen LogP contribution >= 0.6 is 0 Å². The second-order valence-corrected chi connectivity index (χ2v) is 5.16. The van der Waals surface area contributed by atoms with Crippen molar-refractivity contribution in [3.63, 3.8) is 0 Å². The van der Waals surface area contributed by atoms with Crippen LogP contribution in [-0.2, 0) is 13.6 Å². The van der Waals surface area contributed by atoms with Crippen LogP contribution in [0.1, 0.15) is 6.92 Å². The van der Waals surface area contributed by atoms with Crippen molar-refractivity contribution in [3.05, 3.63) is 45.1 Å². The maximum atomic E-state index is 12.3. The number of nitrogens with zero attached hydrogens (tertiary/aromatic N) is 4. The lowest BCUT2D eigenvalue weighted by molar-refractivity contribution is 0.604. The van der Waals surface area contributed by atoms with Crippen LogP contribution in [0.2, 0.25) is 0 Å². The zero-order valence-corrected chi connectivity index (χ0v) is 12.5. The Balaban J connectivity index is 2.09. The average Bonchev–Trinajstić information content (AvgIpc) is 3.13. The van der Waals surface area contributed by atoms with Gasteiger partial charge in [0, 0.05) is 13.6 Å². The van der Waals surface area contributed by atoms with E-state index in [1.165, 1.54) is 7.05 Å². The van der Waals surface area contributed by atoms with Crippen LogP contribution in [-0.4, -0.2) is 24.1 Å². The number of H-pyrrole nitrogens is 1. The molecule has 0 atom stereocenters. The molecule has 23 heavy (non-hydrogen) atoms. The van der Waals surface area contributed by atoms with Gasteiger partial charge in [0.1, 0.15) is 11.2 Å². The number of para-hydroxylation sites is 2. The summed E-state index contributed by atoms with van der Waals surface area (Å²) in [6.45, 7) is 2.40. The number of oxazole rings is 1. The van der Waals surface area contributed by atoms with Crippen molar-refractivity contribution in [2.75, 3.05) is 0 Å². The normalized spacial score (nSPS) is 11.6. The molecule has 116 valence electrons. The Hall–Kier alpha value is -3.16. The summed E-state index contributed by atoms with van der Waals surface area (Å²) in [7, 11) is 1.41. The number of aromatic amines is 1. The van der Waals surface area contributed by atoms with E-state index in [-0.39, 0.29) is 5.52 Å². The number of benzene rings is 1. The van der Waals surface area contributed by atoms with Gasteiger partial charge in [-0.1, -0.05) is 12.1 Å². The van der Waals surface area contributed by atoms with Crippen LogP contribution < -0.4 is 11.2 Å². The van der Waals surface area contributed by atoms with Crippen LogP contribution in [0.15, 0.2) is 38.3 Å². The van der Waals surface area contributed by atoms with E-state index in [1.807, 2.05) is 31.2 Å². The lowest BCUT2D eigenvalue weighted by Gasteiger charge is -2.02. The zero-order chi connectivity index (χ0) is 16.1. The summed E-state index contributed by atoms with van der Waals surface area (Å²) >= 11 is 0. The van der Waals surface area contributed by atoms with Gasteiger partial charge in [0.25, 0.3) is 11.4 Å². The number of imidazole rings is 1. The van der Waals surface area contributed by atoms with Gasteiger partial charge in [-0.05, 0) is 19.1 Å². The van der Waals surface area contributed by atoms with E-state index in [0.717, 1.165) is 4.57 Å². The lowest BCUT2D eigenvalue weighted by Crippen LogP contribution is -2.32. The Bertz CT molecular complexity index is 1130. The molecule has 0 spiro atoms. The summed E-state index contributed by atoms with van der Waals surface area (Å²) in [6, 6.07) is 7.37. The topological polar surface area (TPSA) is 98.7 Å². The van der Waals surface area contributed by atoms with Crippen molar-refractivity contribution >= 4 is 22.3 Å². The van der Waals surface area contributed by atoms with Gasteiger partial charge in [-0.25, -0.2) is 14.8 Å². The minimum atomic E-state index is -0.485. The molecule has 3 aromatic heterocycles. The van der Waals surface area contributed by atoms with Crippen molar-refractivity contribution in [1.82, 2.24) is 24.1 Å². The molecular weight excluding hydrogens is 298 g/mol. The molecule has 0 fully saturated rings. The fourth-order valence-corrected chi connectivity index (χ4v) is 2.60. The van der Waals surface area contributed by atoms with Crippen LogP contribution in [0.3, 0.4) is 0 Å². The van der Waals surface area contributed by atoms with Crippen molar-refractivity contribution in [1.29, 1.82) is 0 Å². The molecule has 3 heterocycles. The van der Waals surface area contributed by atoms with Crippen molar-refractivity contribution in [2.24, 2.45) is 7.05 Å². The Morgan fingerprint density at radius 3 is 2.74 bits per heavy atom. The van der Waals surface area contributed by atoms with Gasteiger partial charge in [-0.3, -0.25) is 14.3 Å². The van der Waals surface area contributed by atoms with E-state index in [1.54, 1.807) is 4.57 Å². The van der Waals surface area contributed by atoms with E-state index in [9.17, 15) is 9.59 Å². The molecule has 0 aliphatic heterocycles. The highest BCUT2D eigenvalue weighted by Gasteiger charge is 2.20. The maximum Gasteiger partial charge on any atom is 0.329 e. The van der Waals surface area contributed by atoms with Gasteiger partial charge in [0.2, 0.25) is 0 Å². The smallest absolute Gasteiger partial charge is 0.329 e. The Labute approximate surface area is 129 Å². The molecule has 8 nitrogen and oxygen atoms in total. The van der Waals surface area contributed by atoms with Crippen LogP contribution in [0.25, 0.3) is 34.0 Å². The van der Waals surface area contributed by atoms with E-state index < -0.39 is 11.2 Å². The third-order valence-corrected chi connectivity index (χ3v) is 3.81. The lowest BCUT2D eigenvalue weighted by atomic mass is 10.3. The SMILES string of the molecule is CCn1c(-c2nc3ccccc3o2)nc2c(=O)n(C)c(=O)[nH]c21. The number of nitrogens with one attached hydrogen (secondary N) is 1. The Kier molecular flexibility index (Phi) is 2.74. The predicted molar refractivity (Wildman–Crippen MR) is 84.3 cm³/mol. The van der Waals surface area contributed by atoms with Crippen molar-refractivity contribution in [3.8, 4) is 11.7 Å². The Morgan fingerprint density at radius 1 is 1.22 bits per heavy atom. The van der Waals surface area contributed by atoms with Crippen molar-refractivity contribution < 1.29 is 4.42 Å². The number of aryl methyl sites for hydroxylation is 1.